The van der Waals surface area contributed by atoms with Gasteiger partial charge in [0.2, 0.25) is 6.29 Å². The molecule has 0 heterocycles. The maximum atomic E-state index is 11.5. The fourth-order valence-electron chi connectivity index (χ4n) is 2.83. The minimum atomic E-state index is -0.666. The lowest BCUT2D eigenvalue weighted by atomic mass is 9.98. The Bertz CT molecular complexity index is 756. The van der Waals surface area contributed by atoms with Crippen molar-refractivity contribution in [3.8, 4) is 0 Å². The predicted octanol–water partition coefficient (Wildman–Crippen LogP) is 4.57. The highest BCUT2D eigenvalue weighted by Gasteiger charge is 2.17. The Hall–Kier alpha value is -2.64. The fourth-order valence-corrected chi connectivity index (χ4v) is 2.83. The van der Waals surface area contributed by atoms with Crippen molar-refractivity contribution < 1.29 is 33.3 Å². The van der Waals surface area contributed by atoms with E-state index in [1.165, 1.54) is 13.2 Å². The van der Waals surface area contributed by atoms with Gasteiger partial charge in [-0.05, 0) is 44.4 Å². The monoisotopic (exact) mass is 434 g/mol. The fraction of sp³-hybridized carbons (Fsp3) is 0.500. The largest absolute Gasteiger partial charge is 0.501 e. The number of ether oxygens (including phenoxy) is 5. The van der Waals surface area contributed by atoms with Crippen molar-refractivity contribution in [2.75, 3.05) is 19.8 Å². The molecule has 0 fully saturated rings. The van der Waals surface area contributed by atoms with Gasteiger partial charge in [0.05, 0.1) is 31.7 Å². The molecule has 7 heteroatoms. The number of benzene rings is 1. The Labute approximate surface area is 185 Å². The van der Waals surface area contributed by atoms with Gasteiger partial charge in [-0.25, -0.2) is 4.79 Å². The lowest BCUT2D eigenvalue weighted by molar-refractivity contribution is -0.181. The molecule has 0 N–H and O–H groups in total. The van der Waals surface area contributed by atoms with E-state index in [2.05, 4.69) is 13.2 Å². The van der Waals surface area contributed by atoms with E-state index < -0.39 is 18.2 Å². The van der Waals surface area contributed by atoms with E-state index in [1.54, 1.807) is 13.8 Å². The number of rotatable bonds is 14. The Morgan fingerprint density at radius 1 is 1.00 bits per heavy atom. The highest BCUT2D eigenvalue weighted by atomic mass is 16.7. The summed E-state index contributed by atoms with van der Waals surface area (Å²) in [5.41, 5.74) is 3.28. The maximum absolute atomic E-state index is 11.5. The molecule has 0 aliphatic heterocycles. The summed E-state index contributed by atoms with van der Waals surface area (Å²) >= 11 is 0. The van der Waals surface area contributed by atoms with Gasteiger partial charge in [0.1, 0.15) is 6.61 Å². The van der Waals surface area contributed by atoms with Crippen LogP contribution in [0.5, 0.6) is 0 Å². The lowest BCUT2D eigenvalue weighted by Gasteiger charge is -2.22. The standard InChI is InChI=1S/C24H34O7/c1-8-27-10-9-21-13-22(17(4)28-11-12-29-24(26)16(2)3)15-23(14-21)18(5)30-20(7)31-19(6)25/h8,13-15,17-18,20H,1-2,9-12H2,3-7H3. The van der Waals surface area contributed by atoms with Gasteiger partial charge in [-0.1, -0.05) is 31.4 Å². The highest BCUT2D eigenvalue weighted by Crippen LogP contribution is 2.26. The number of carbonyl (C=O) groups excluding carboxylic acids is 2. The van der Waals surface area contributed by atoms with Crippen LogP contribution in [0.3, 0.4) is 0 Å². The van der Waals surface area contributed by atoms with E-state index in [1.807, 2.05) is 32.0 Å². The van der Waals surface area contributed by atoms with Crippen LogP contribution in [0.1, 0.15) is 63.5 Å². The van der Waals surface area contributed by atoms with E-state index in [9.17, 15) is 9.59 Å². The SMILES string of the molecule is C=COCCc1cc(C(C)OCCOC(=O)C(=C)C)cc(C(C)OC(C)OC(C)=O)c1. The van der Waals surface area contributed by atoms with Gasteiger partial charge >= 0.3 is 11.9 Å². The molecular formula is C24H34O7. The van der Waals surface area contributed by atoms with Gasteiger partial charge in [0.25, 0.3) is 0 Å². The minimum Gasteiger partial charge on any atom is -0.501 e. The van der Waals surface area contributed by atoms with Crippen molar-refractivity contribution in [1.82, 2.24) is 0 Å². The van der Waals surface area contributed by atoms with E-state index in [0.29, 0.717) is 18.6 Å². The van der Waals surface area contributed by atoms with Gasteiger partial charge in [0, 0.05) is 18.9 Å². The van der Waals surface area contributed by atoms with Crippen molar-refractivity contribution >= 4 is 11.9 Å². The second-order valence-corrected chi connectivity index (χ2v) is 7.18. The molecular weight excluding hydrogens is 400 g/mol. The molecule has 0 aromatic heterocycles. The molecule has 0 bridgehead atoms. The first-order chi connectivity index (χ1) is 14.6. The molecule has 0 aliphatic rings. The molecule has 3 unspecified atom stereocenters. The molecule has 0 aliphatic carbocycles. The van der Waals surface area contributed by atoms with Crippen LogP contribution in [-0.2, 0) is 39.7 Å². The summed E-state index contributed by atoms with van der Waals surface area (Å²) in [5.74, 6) is -0.833. The van der Waals surface area contributed by atoms with Gasteiger partial charge in [0.15, 0.2) is 0 Å². The van der Waals surface area contributed by atoms with Crippen molar-refractivity contribution in [2.24, 2.45) is 0 Å². The molecule has 0 saturated carbocycles. The van der Waals surface area contributed by atoms with E-state index >= 15 is 0 Å². The normalized spacial score (nSPS) is 13.6. The van der Waals surface area contributed by atoms with Gasteiger partial charge < -0.3 is 23.7 Å². The van der Waals surface area contributed by atoms with Gasteiger partial charge in [-0.15, -0.1) is 0 Å². The Balaban J connectivity index is 2.88. The molecule has 1 aromatic rings. The zero-order chi connectivity index (χ0) is 23.4. The summed E-state index contributed by atoms with van der Waals surface area (Å²) in [6.07, 6.45) is 0.884. The second kappa shape index (κ2) is 13.6. The topological polar surface area (TPSA) is 80.3 Å². The zero-order valence-electron chi connectivity index (χ0n) is 19.1. The summed E-state index contributed by atoms with van der Waals surface area (Å²) in [6.45, 7) is 16.5. The summed E-state index contributed by atoms with van der Waals surface area (Å²) < 4.78 is 27.0. The van der Waals surface area contributed by atoms with Crippen molar-refractivity contribution in [3.05, 3.63) is 59.9 Å². The van der Waals surface area contributed by atoms with Crippen LogP contribution in [-0.4, -0.2) is 38.0 Å². The third kappa shape index (κ3) is 10.3. The van der Waals surface area contributed by atoms with Crippen molar-refractivity contribution in [1.29, 1.82) is 0 Å². The quantitative estimate of drug-likeness (QED) is 0.139. The molecule has 0 spiro atoms. The van der Waals surface area contributed by atoms with Crippen LogP contribution >= 0.6 is 0 Å². The molecule has 1 rings (SSSR count). The predicted molar refractivity (Wildman–Crippen MR) is 117 cm³/mol. The molecule has 0 radical (unpaired) electrons. The first-order valence-corrected chi connectivity index (χ1v) is 10.3. The molecule has 31 heavy (non-hydrogen) atoms. The van der Waals surface area contributed by atoms with Crippen LogP contribution in [0.2, 0.25) is 0 Å². The van der Waals surface area contributed by atoms with Crippen LogP contribution in [0, 0.1) is 0 Å². The van der Waals surface area contributed by atoms with Gasteiger partial charge in [-0.3, -0.25) is 4.79 Å². The number of hydrogen-bond donors (Lipinski definition) is 0. The summed E-state index contributed by atoms with van der Waals surface area (Å²) in [4.78, 5) is 22.6. The maximum Gasteiger partial charge on any atom is 0.333 e. The number of carbonyl (C=O) groups is 2. The van der Waals surface area contributed by atoms with Crippen LogP contribution < -0.4 is 0 Å². The van der Waals surface area contributed by atoms with Gasteiger partial charge in [-0.2, -0.15) is 0 Å². The first kappa shape index (κ1) is 26.4. The Morgan fingerprint density at radius 2 is 1.65 bits per heavy atom. The minimum absolute atomic E-state index is 0.148. The third-order valence-corrected chi connectivity index (χ3v) is 4.36. The second-order valence-electron chi connectivity index (χ2n) is 7.18. The molecule has 172 valence electrons. The van der Waals surface area contributed by atoms with Crippen LogP contribution in [0.25, 0.3) is 0 Å². The average Bonchev–Trinajstić information content (AvgIpc) is 2.70. The Kier molecular flexibility index (Phi) is 11.6. The summed E-state index contributed by atoms with van der Waals surface area (Å²) in [6, 6.07) is 6.07. The Morgan fingerprint density at radius 3 is 2.23 bits per heavy atom. The summed E-state index contributed by atoms with van der Waals surface area (Å²) in [5, 5.41) is 0. The number of hydrogen-bond acceptors (Lipinski definition) is 7. The number of esters is 2. The molecule has 1 aromatic carbocycles. The van der Waals surface area contributed by atoms with Crippen LogP contribution in [0.15, 0.2) is 43.2 Å². The van der Waals surface area contributed by atoms with E-state index in [-0.39, 0.29) is 25.4 Å². The summed E-state index contributed by atoms with van der Waals surface area (Å²) in [7, 11) is 0. The molecule has 0 saturated heterocycles. The lowest BCUT2D eigenvalue weighted by Crippen LogP contribution is -2.18. The van der Waals surface area contributed by atoms with E-state index in [0.717, 1.165) is 16.7 Å². The highest BCUT2D eigenvalue weighted by molar-refractivity contribution is 5.86. The average molecular weight is 435 g/mol. The third-order valence-electron chi connectivity index (χ3n) is 4.36. The van der Waals surface area contributed by atoms with E-state index in [4.69, 9.17) is 23.7 Å². The first-order valence-electron chi connectivity index (χ1n) is 10.3. The smallest absolute Gasteiger partial charge is 0.333 e. The van der Waals surface area contributed by atoms with Crippen molar-refractivity contribution in [2.45, 2.75) is 59.5 Å². The zero-order valence-corrected chi connectivity index (χ0v) is 19.1. The van der Waals surface area contributed by atoms with Crippen LogP contribution in [0.4, 0.5) is 0 Å². The molecule has 3 atom stereocenters. The van der Waals surface area contributed by atoms with Crippen molar-refractivity contribution in [3.63, 3.8) is 0 Å². The molecule has 7 nitrogen and oxygen atoms in total. The molecule has 0 amide bonds.